The second-order valence-corrected chi connectivity index (χ2v) is 8.70. The number of rotatable bonds is 7. The van der Waals surface area contributed by atoms with Crippen LogP contribution < -0.4 is 10.6 Å². The molecule has 0 saturated heterocycles. The Morgan fingerprint density at radius 1 is 0.815 bits per heavy atom. The quantitative estimate of drug-likeness (QED) is 0.711. The van der Waals surface area contributed by atoms with Gasteiger partial charge in [0.05, 0.1) is 4.90 Å². The van der Waals surface area contributed by atoms with Gasteiger partial charge in [-0.1, -0.05) is 62.4 Å². The lowest BCUT2D eigenvalue weighted by Gasteiger charge is -2.19. The van der Waals surface area contributed by atoms with E-state index in [1.54, 1.807) is 48.5 Å². The summed E-state index contributed by atoms with van der Waals surface area (Å²) < 4.78 is 26.2. The Kier molecular flexibility index (Phi) is 7.12. The van der Waals surface area contributed by atoms with Crippen LogP contribution in [0.3, 0.4) is 0 Å². The molecule has 0 aliphatic carbocycles. The minimum atomic E-state index is -3.75. The lowest BCUT2D eigenvalue weighted by atomic mass is 10.1. The van der Waals surface area contributed by atoms with Crippen LogP contribution >= 0.6 is 0 Å². The summed E-state index contributed by atoms with van der Waals surface area (Å²) in [5, 5.41) is 3.97. The van der Waals surface area contributed by atoms with Crippen LogP contribution in [0.4, 0.5) is 0 Å². The topological polar surface area (TPSA) is 92.3 Å². The molecule has 6 nitrogen and oxygen atoms in total. The molecule has 7 heteroatoms. The molecule has 0 heterocycles. The standard InChI is InChI=1S/C20H24N2O4S/c1-15(2)13-21-19(23)20(24)22-14-18(16-9-5-3-6-10-16)27(25,26)17-11-7-4-8-12-17/h3-12,15,18H,13-14H2,1-2H3,(H,21,23)(H,22,24)/t18-/m0/s1. The van der Waals surface area contributed by atoms with E-state index < -0.39 is 26.9 Å². The largest absolute Gasteiger partial charge is 0.348 e. The maximum absolute atomic E-state index is 13.1. The van der Waals surface area contributed by atoms with Crippen LogP contribution in [-0.2, 0) is 19.4 Å². The SMILES string of the molecule is CC(C)CNC(=O)C(=O)NC[C@@H](c1ccccc1)S(=O)(=O)c1ccccc1. The van der Waals surface area contributed by atoms with Crippen LogP contribution in [0.1, 0.15) is 24.7 Å². The highest BCUT2D eigenvalue weighted by Gasteiger charge is 2.30. The van der Waals surface area contributed by atoms with Gasteiger partial charge in [-0.05, 0) is 23.6 Å². The van der Waals surface area contributed by atoms with Gasteiger partial charge < -0.3 is 10.6 Å². The van der Waals surface area contributed by atoms with E-state index in [0.717, 1.165) is 0 Å². The summed E-state index contributed by atoms with van der Waals surface area (Å²) >= 11 is 0. The Labute approximate surface area is 159 Å². The van der Waals surface area contributed by atoms with E-state index in [9.17, 15) is 18.0 Å². The van der Waals surface area contributed by atoms with Gasteiger partial charge in [0.1, 0.15) is 5.25 Å². The number of sulfone groups is 1. The Hall–Kier alpha value is -2.67. The van der Waals surface area contributed by atoms with E-state index in [4.69, 9.17) is 0 Å². The fourth-order valence-electron chi connectivity index (χ4n) is 2.49. The van der Waals surface area contributed by atoms with Crippen LogP contribution in [0, 0.1) is 5.92 Å². The summed E-state index contributed by atoms with van der Waals surface area (Å²) in [6, 6.07) is 16.7. The van der Waals surface area contributed by atoms with Crippen LogP contribution in [0.15, 0.2) is 65.6 Å². The Morgan fingerprint density at radius 3 is 1.81 bits per heavy atom. The fraction of sp³-hybridized carbons (Fsp3) is 0.300. The van der Waals surface area contributed by atoms with Crippen molar-refractivity contribution in [2.75, 3.05) is 13.1 Å². The maximum Gasteiger partial charge on any atom is 0.309 e. The number of carbonyl (C=O) groups excluding carboxylic acids is 2. The molecule has 0 aliphatic rings. The molecule has 2 aromatic carbocycles. The van der Waals surface area contributed by atoms with Crippen molar-refractivity contribution < 1.29 is 18.0 Å². The molecule has 2 amide bonds. The Bertz CT molecular complexity index is 865. The number of benzene rings is 2. The molecule has 0 aliphatic heterocycles. The first-order chi connectivity index (χ1) is 12.8. The number of hydrogen-bond donors (Lipinski definition) is 2. The summed E-state index contributed by atoms with van der Waals surface area (Å²) in [4.78, 5) is 24.0. The first-order valence-corrected chi connectivity index (χ1v) is 10.3. The molecule has 2 N–H and O–H groups in total. The first kappa shape index (κ1) is 20.6. The zero-order valence-corrected chi connectivity index (χ0v) is 16.2. The normalized spacial score (nSPS) is 12.4. The van der Waals surface area contributed by atoms with Gasteiger partial charge in [0.15, 0.2) is 9.84 Å². The third-order valence-corrected chi connectivity index (χ3v) is 6.06. The van der Waals surface area contributed by atoms with Gasteiger partial charge in [0.25, 0.3) is 0 Å². The number of amides is 2. The van der Waals surface area contributed by atoms with Crippen molar-refractivity contribution >= 4 is 21.7 Å². The number of carbonyl (C=O) groups is 2. The smallest absolute Gasteiger partial charge is 0.309 e. The molecule has 0 fully saturated rings. The van der Waals surface area contributed by atoms with Crippen molar-refractivity contribution in [3.63, 3.8) is 0 Å². The maximum atomic E-state index is 13.1. The van der Waals surface area contributed by atoms with E-state index in [1.165, 1.54) is 12.1 Å². The molecule has 0 saturated carbocycles. The van der Waals surface area contributed by atoms with Crippen LogP contribution in [0.2, 0.25) is 0 Å². The monoisotopic (exact) mass is 388 g/mol. The third kappa shape index (κ3) is 5.65. The molecule has 0 spiro atoms. The van der Waals surface area contributed by atoms with Gasteiger partial charge in [-0.2, -0.15) is 0 Å². The Morgan fingerprint density at radius 2 is 1.30 bits per heavy atom. The molecule has 27 heavy (non-hydrogen) atoms. The molecule has 144 valence electrons. The third-order valence-electron chi connectivity index (χ3n) is 3.94. The molecule has 0 radical (unpaired) electrons. The van der Waals surface area contributed by atoms with Crippen molar-refractivity contribution in [2.45, 2.75) is 24.0 Å². The molecule has 0 unspecified atom stereocenters. The molecule has 1 atom stereocenters. The lowest BCUT2D eigenvalue weighted by Crippen LogP contribution is -2.43. The number of hydrogen-bond acceptors (Lipinski definition) is 4. The average Bonchev–Trinajstić information content (AvgIpc) is 2.67. The second-order valence-electron chi connectivity index (χ2n) is 6.57. The van der Waals surface area contributed by atoms with E-state index >= 15 is 0 Å². The molecular formula is C20H24N2O4S. The Balaban J connectivity index is 2.20. The predicted octanol–water partition coefficient (Wildman–Crippen LogP) is 2.09. The first-order valence-electron chi connectivity index (χ1n) is 8.72. The van der Waals surface area contributed by atoms with Crippen molar-refractivity contribution in [3.8, 4) is 0 Å². The summed E-state index contributed by atoms with van der Waals surface area (Å²) in [5.41, 5.74) is 0.546. The van der Waals surface area contributed by atoms with Gasteiger partial charge in [-0.25, -0.2) is 8.42 Å². The van der Waals surface area contributed by atoms with Crippen LogP contribution in [0.5, 0.6) is 0 Å². The van der Waals surface area contributed by atoms with Crippen molar-refractivity contribution in [1.29, 1.82) is 0 Å². The van der Waals surface area contributed by atoms with Crippen molar-refractivity contribution in [3.05, 3.63) is 66.2 Å². The molecular weight excluding hydrogens is 364 g/mol. The van der Waals surface area contributed by atoms with E-state index in [-0.39, 0.29) is 17.4 Å². The van der Waals surface area contributed by atoms with Crippen LogP contribution in [0.25, 0.3) is 0 Å². The summed E-state index contributed by atoms with van der Waals surface area (Å²) in [6.45, 7) is 4.00. The highest BCUT2D eigenvalue weighted by molar-refractivity contribution is 7.91. The second kappa shape index (κ2) is 9.32. The molecule has 0 aromatic heterocycles. The molecule has 2 rings (SSSR count). The minimum Gasteiger partial charge on any atom is -0.348 e. The predicted molar refractivity (Wildman–Crippen MR) is 104 cm³/mol. The van der Waals surface area contributed by atoms with Crippen molar-refractivity contribution in [2.24, 2.45) is 5.92 Å². The summed E-state index contributed by atoms with van der Waals surface area (Å²) in [7, 11) is -3.75. The van der Waals surface area contributed by atoms with Gasteiger partial charge in [-0.15, -0.1) is 0 Å². The van der Waals surface area contributed by atoms with Crippen LogP contribution in [-0.4, -0.2) is 33.3 Å². The highest BCUT2D eigenvalue weighted by Crippen LogP contribution is 2.28. The van der Waals surface area contributed by atoms with E-state index in [1.807, 2.05) is 13.8 Å². The van der Waals surface area contributed by atoms with Gasteiger partial charge in [-0.3, -0.25) is 9.59 Å². The summed E-state index contributed by atoms with van der Waals surface area (Å²) in [5.74, 6) is -1.41. The molecule has 0 bridgehead atoms. The van der Waals surface area contributed by atoms with Gasteiger partial charge in [0, 0.05) is 13.1 Å². The van der Waals surface area contributed by atoms with E-state index in [2.05, 4.69) is 10.6 Å². The van der Waals surface area contributed by atoms with E-state index in [0.29, 0.717) is 12.1 Å². The molecule has 2 aromatic rings. The fourth-order valence-corrected chi connectivity index (χ4v) is 4.17. The average molecular weight is 388 g/mol. The van der Waals surface area contributed by atoms with Gasteiger partial charge >= 0.3 is 11.8 Å². The minimum absolute atomic E-state index is 0.164. The summed E-state index contributed by atoms with van der Waals surface area (Å²) in [6.07, 6.45) is 0. The zero-order valence-electron chi connectivity index (χ0n) is 15.4. The van der Waals surface area contributed by atoms with Gasteiger partial charge in [0.2, 0.25) is 0 Å². The highest BCUT2D eigenvalue weighted by atomic mass is 32.2. The number of nitrogens with one attached hydrogen (secondary N) is 2. The van der Waals surface area contributed by atoms with Crippen molar-refractivity contribution in [1.82, 2.24) is 10.6 Å². The zero-order chi connectivity index (χ0) is 19.9. The lowest BCUT2D eigenvalue weighted by molar-refractivity contribution is -0.139.